The van der Waals surface area contributed by atoms with Gasteiger partial charge in [-0.25, -0.2) is 0 Å². The number of thioether (sulfide) groups is 1. The van der Waals surface area contributed by atoms with Gasteiger partial charge in [-0.05, 0) is 47.5 Å². The Hall–Kier alpha value is -0.680. The maximum Gasteiger partial charge on any atom is 0.319 e. The van der Waals surface area contributed by atoms with Gasteiger partial charge in [-0.2, -0.15) is 0 Å². The highest BCUT2D eigenvalue weighted by Gasteiger charge is 2.32. The molecule has 3 nitrogen and oxygen atoms in total. The SMILES string of the molecule is Cc1cc(Br)c2c(c1)SC(C(=O)O)C(C)N2. The van der Waals surface area contributed by atoms with Crippen molar-refractivity contribution in [3.05, 3.63) is 22.2 Å². The average molecular weight is 302 g/mol. The van der Waals surface area contributed by atoms with Crippen molar-refractivity contribution in [2.75, 3.05) is 5.32 Å². The summed E-state index contributed by atoms with van der Waals surface area (Å²) in [5.41, 5.74) is 2.12. The third-order valence-electron chi connectivity index (χ3n) is 2.52. The summed E-state index contributed by atoms with van der Waals surface area (Å²) in [7, 11) is 0. The van der Waals surface area contributed by atoms with Crippen LogP contribution < -0.4 is 5.32 Å². The fraction of sp³-hybridized carbons (Fsp3) is 0.364. The summed E-state index contributed by atoms with van der Waals surface area (Å²) < 4.78 is 0.991. The molecule has 1 aliphatic rings. The van der Waals surface area contributed by atoms with E-state index in [4.69, 9.17) is 5.11 Å². The summed E-state index contributed by atoms with van der Waals surface area (Å²) in [4.78, 5) is 12.1. The number of nitrogens with one attached hydrogen (secondary N) is 1. The van der Waals surface area contributed by atoms with Crippen molar-refractivity contribution >= 4 is 39.3 Å². The lowest BCUT2D eigenvalue weighted by Gasteiger charge is -2.30. The van der Waals surface area contributed by atoms with Gasteiger partial charge in [0.05, 0.1) is 5.69 Å². The molecule has 16 heavy (non-hydrogen) atoms. The highest BCUT2D eigenvalue weighted by molar-refractivity contribution is 9.10. The monoisotopic (exact) mass is 301 g/mol. The van der Waals surface area contributed by atoms with Gasteiger partial charge in [0.25, 0.3) is 0 Å². The van der Waals surface area contributed by atoms with Crippen molar-refractivity contribution in [1.82, 2.24) is 0 Å². The van der Waals surface area contributed by atoms with Crippen molar-refractivity contribution < 1.29 is 9.90 Å². The van der Waals surface area contributed by atoms with Crippen LogP contribution in [-0.4, -0.2) is 22.4 Å². The van der Waals surface area contributed by atoms with Crippen LogP contribution in [0.4, 0.5) is 5.69 Å². The number of aliphatic carboxylic acids is 1. The van der Waals surface area contributed by atoms with Crippen molar-refractivity contribution in [2.45, 2.75) is 30.0 Å². The Morgan fingerprint density at radius 3 is 2.88 bits per heavy atom. The summed E-state index contributed by atoms with van der Waals surface area (Å²) >= 11 is 4.90. The van der Waals surface area contributed by atoms with Crippen LogP contribution >= 0.6 is 27.7 Å². The van der Waals surface area contributed by atoms with E-state index in [0.29, 0.717) is 0 Å². The summed E-state index contributed by atoms with van der Waals surface area (Å²) in [5.74, 6) is -0.770. The number of carbonyl (C=O) groups is 1. The number of fused-ring (bicyclic) bond motifs is 1. The van der Waals surface area contributed by atoms with E-state index in [2.05, 4.69) is 21.2 Å². The molecule has 0 amide bonds. The molecule has 0 saturated heterocycles. The summed E-state index contributed by atoms with van der Waals surface area (Å²) in [5, 5.41) is 11.9. The number of halogens is 1. The van der Waals surface area contributed by atoms with Crippen molar-refractivity contribution in [3.63, 3.8) is 0 Å². The van der Waals surface area contributed by atoms with Gasteiger partial charge in [0.15, 0.2) is 0 Å². The van der Waals surface area contributed by atoms with Crippen molar-refractivity contribution in [3.8, 4) is 0 Å². The van der Waals surface area contributed by atoms with Gasteiger partial charge in [-0.15, -0.1) is 11.8 Å². The quantitative estimate of drug-likeness (QED) is 0.837. The number of carboxylic acid groups (broad SMARTS) is 1. The van der Waals surface area contributed by atoms with E-state index in [0.717, 1.165) is 20.6 Å². The Bertz CT molecular complexity index is 450. The van der Waals surface area contributed by atoms with E-state index in [9.17, 15) is 4.79 Å². The molecule has 2 atom stereocenters. The molecule has 1 aromatic carbocycles. The van der Waals surface area contributed by atoms with Crippen LogP contribution in [0.2, 0.25) is 0 Å². The fourth-order valence-electron chi connectivity index (χ4n) is 1.75. The molecule has 0 radical (unpaired) electrons. The van der Waals surface area contributed by atoms with E-state index in [1.165, 1.54) is 11.8 Å². The maximum atomic E-state index is 11.1. The first-order chi connectivity index (χ1) is 7.49. The van der Waals surface area contributed by atoms with Crippen LogP contribution in [0.3, 0.4) is 0 Å². The number of anilines is 1. The van der Waals surface area contributed by atoms with Gasteiger partial charge in [0.2, 0.25) is 0 Å². The molecule has 0 aliphatic carbocycles. The Morgan fingerprint density at radius 2 is 2.25 bits per heavy atom. The minimum absolute atomic E-state index is 0.0750. The van der Waals surface area contributed by atoms with Crippen LogP contribution in [0, 0.1) is 6.92 Å². The molecular weight excluding hydrogens is 290 g/mol. The lowest BCUT2D eigenvalue weighted by molar-refractivity contribution is -0.136. The second-order valence-corrected chi connectivity index (χ2v) is 5.97. The third kappa shape index (κ3) is 2.06. The molecule has 5 heteroatoms. The smallest absolute Gasteiger partial charge is 0.319 e. The zero-order valence-electron chi connectivity index (χ0n) is 8.95. The highest BCUT2D eigenvalue weighted by Crippen LogP contribution is 2.42. The first kappa shape index (κ1) is 11.8. The van der Waals surface area contributed by atoms with Gasteiger partial charge in [0.1, 0.15) is 5.25 Å². The van der Waals surface area contributed by atoms with Crippen LogP contribution in [0.15, 0.2) is 21.5 Å². The minimum Gasteiger partial charge on any atom is -0.480 e. The molecule has 86 valence electrons. The van der Waals surface area contributed by atoms with E-state index >= 15 is 0 Å². The molecule has 0 fully saturated rings. The van der Waals surface area contributed by atoms with Crippen LogP contribution in [-0.2, 0) is 4.79 Å². The molecule has 2 rings (SSSR count). The Morgan fingerprint density at radius 1 is 1.56 bits per heavy atom. The normalized spacial score (nSPS) is 23.4. The molecule has 1 aromatic rings. The Kier molecular flexibility index (Phi) is 3.17. The first-order valence-corrected chi connectivity index (χ1v) is 6.62. The maximum absolute atomic E-state index is 11.1. The highest BCUT2D eigenvalue weighted by atomic mass is 79.9. The number of carboxylic acids is 1. The molecule has 0 bridgehead atoms. The lowest BCUT2D eigenvalue weighted by atomic mass is 10.1. The van der Waals surface area contributed by atoms with Gasteiger partial charge < -0.3 is 10.4 Å². The van der Waals surface area contributed by atoms with Crippen LogP contribution in [0.5, 0.6) is 0 Å². The number of benzene rings is 1. The fourth-order valence-corrected chi connectivity index (χ4v) is 3.76. The number of rotatable bonds is 1. The number of aryl methyl sites for hydroxylation is 1. The number of hydrogen-bond donors (Lipinski definition) is 2. The predicted octanol–water partition coefficient (Wildman–Crippen LogP) is 3.12. The molecule has 0 aromatic heterocycles. The third-order valence-corrected chi connectivity index (χ3v) is 4.59. The van der Waals surface area contributed by atoms with E-state index in [1.807, 2.05) is 26.0 Å². The Labute approximate surface area is 107 Å². The summed E-state index contributed by atoms with van der Waals surface area (Å²) in [6, 6.07) is 3.97. The van der Waals surface area contributed by atoms with Crippen LogP contribution in [0.25, 0.3) is 0 Å². The second-order valence-electron chi connectivity index (χ2n) is 3.93. The molecule has 0 spiro atoms. The zero-order chi connectivity index (χ0) is 11.9. The topological polar surface area (TPSA) is 49.3 Å². The van der Waals surface area contributed by atoms with Crippen LogP contribution in [0.1, 0.15) is 12.5 Å². The lowest BCUT2D eigenvalue weighted by Crippen LogP contribution is -2.37. The summed E-state index contributed by atoms with van der Waals surface area (Å²) in [6.45, 7) is 3.89. The molecule has 2 unspecified atom stereocenters. The first-order valence-electron chi connectivity index (χ1n) is 4.95. The predicted molar refractivity (Wildman–Crippen MR) is 69.2 cm³/mol. The molecular formula is C11H12BrNO2S. The molecule has 2 N–H and O–H groups in total. The van der Waals surface area contributed by atoms with Gasteiger partial charge in [0, 0.05) is 15.4 Å². The summed E-state index contributed by atoms with van der Waals surface area (Å²) in [6.07, 6.45) is 0. The largest absolute Gasteiger partial charge is 0.480 e. The molecule has 1 aliphatic heterocycles. The van der Waals surface area contributed by atoms with E-state index in [-0.39, 0.29) is 6.04 Å². The van der Waals surface area contributed by atoms with E-state index in [1.54, 1.807) is 0 Å². The average Bonchev–Trinajstić information content (AvgIpc) is 2.18. The van der Waals surface area contributed by atoms with Gasteiger partial charge in [-0.1, -0.05) is 0 Å². The van der Waals surface area contributed by atoms with Crippen molar-refractivity contribution in [2.24, 2.45) is 0 Å². The van der Waals surface area contributed by atoms with Gasteiger partial charge in [-0.3, -0.25) is 4.79 Å². The van der Waals surface area contributed by atoms with Gasteiger partial charge >= 0.3 is 5.97 Å². The zero-order valence-corrected chi connectivity index (χ0v) is 11.4. The number of hydrogen-bond acceptors (Lipinski definition) is 3. The Balaban J connectivity index is 2.43. The molecule has 0 saturated carbocycles. The second kappa shape index (κ2) is 4.30. The van der Waals surface area contributed by atoms with E-state index < -0.39 is 11.2 Å². The minimum atomic E-state index is -0.770. The van der Waals surface area contributed by atoms with Crippen molar-refractivity contribution in [1.29, 1.82) is 0 Å². The molecule has 1 heterocycles. The standard InChI is InChI=1S/C11H12BrNO2S/c1-5-3-7(12)9-8(4-5)16-10(11(14)15)6(2)13-9/h3-4,6,10,13H,1-2H3,(H,14,15).